The highest BCUT2D eigenvalue weighted by Gasteiger charge is 2.31. The number of benzene rings is 2. The summed E-state index contributed by atoms with van der Waals surface area (Å²) in [4.78, 5) is 23.5. The molecule has 4 rings (SSSR count). The van der Waals surface area contributed by atoms with E-state index in [4.69, 9.17) is 15.2 Å². The summed E-state index contributed by atoms with van der Waals surface area (Å²) >= 11 is 0. The van der Waals surface area contributed by atoms with Gasteiger partial charge in [0.05, 0.1) is 18.5 Å². The summed E-state index contributed by atoms with van der Waals surface area (Å²) in [6.45, 7) is 1.97. The van der Waals surface area contributed by atoms with Crippen LogP contribution in [0.5, 0.6) is 11.5 Å². The van der Waals surface area contributed by atoms with Gasteiger partial charge in [-0.1, -0.05) is 6.07 Å². The summed E-state index contributed by atoms with van der Waals surface area (Å²) in [6, 6.07) is 11.2. The summed E-state index contributed by atoms with van der Waals surface area (Å²) in [6.07, 6.45) is 1.93. The van der Waals surface area contributed by atoms with E-state index in [2.05, 4.69) is 10.4 Å². The molecule has 0 unspecified atom stereocenters. The van der Waals surface area contributed by atoms with E-state index >= 15 is 0 Å². The predicted octanol–water partition coefficient (Wildman–Crippen LogP) is 2.75. The smallest absolute Gasteiger partial charge is 0.255 e. The van der Waals surface area contributed by atoms with E-state index in [1.807, 2.05) is 13.0 Å². The number of ether oxygens (including phenoxy) is 2. The molecular formula is C22H21FN4O4. The fourth-order valence-corrected chi connectivity index (χ4v) is 3.57. The minimum absolute atomic E-state index is 0.159. The van der Waals surface area contributed by atoms with Gasteiger partial charge in [-0.05, 0) is 48.9 Å². The maximum absolute atomic E-state index is 13.3. The van der Waals surface area contributed by atoms with E-state index in [9.17, 15) is 14.0 Å². The average molecular weight is 424 g/mol. The highest BCUT2D eigenvalue weighted by atomic mass is 19.1. The van der Waals surface area contributed by atoms with Gasteiger partial charge < -0.3 is 20.5 Å². The zero-order chi connectivity index (χ0) is 22.0. The molecule has 0 aliphatic carbocycles. The summed E-state index contributed by atoms with van der Waals surface area (Å²) in [5.74, 6) is 0.0318. The van der Waals surface area contributed by atoms with Crippen molar-refractivity contribution in [1.29, 1.82) is 0 Å². The maximum atomic E-state index is 13.3. The normalized spacial score (nSPS) is 15.2. The number of carbonyl (C=O) groups is 2. The number of carbonyl (C=O) groups excluding carboxylic acids is 2. The lowest BCUT2D eigenvalue weighted by molar-refractivity contribution is -0.120. The van der Waals surface area contributed by atoms with Gasteiger partial charge in [0, 0.05) is 17.9 Å². The van der Waals surface area contributed by atoms with Gasteiger partial charge in [0.1, 0.15) is 11.6 Å². The Morgan fingerprint density at radius 1 is 1.23 bits per heavy atom. The number of aromatic nitrogens is 2. The van der Waals surface area contributed by atoms with E-state index in [1.54, 1.807) is 35.1 Å². The molecule has 2 heterocycles. The standard InChI is InChI=1S/C22H21FN4O4/c1-2-30-19-9-13(3-8-18(19)31-12-20(24)28)16-10-21(29)26-22-17(16)11-25-27(22)15-6-4-14(23)5-7-15/h3-9,11,16H,2,10,12H2,1H3,(H2,24,28)(H,26,29)/t16-/m1/s1. The fraction of sp³-hybridized carbons (Fsp3) is 0.227. The summed E-state index contributed by atoms with van der Waals surface area (Å²) in [7, 11) is 0. The van der Waals surface area contributed by atoms with E-state index in [-0.39, 0.29) is 30.7 Å². The number of nitrogens with two attached hydrogens (primary N) is 1. The molecule has 1 aromatic heterocycles. The number of hydrogen-bond acceptors (Lipinski definition) is 5. The molecule has 9 heteroatoms. The zero-order valence-corrected chi connectivity index (χ0v) is 16.8. The second-order valence-electron chi connectivity index (χ2n) is 7.04. The van der Waals surface area contributed by atoms with Crippen LogP contribution in [0.2, 0.25) is 0 Å². The second kappa shape index (κ2) is 8.47. The van der Waals surface area contributed by atoms with E-state index in [1.165, 1.54) is 12.1 Å². The third kappa shape index (κ3) is 4.20. The number of amides is 2. The summed E-state index contributed by atoms with van der Waals surface area (Å²) in [5.41, 5.74) is 7.46. The molecule has 0 radical (unpaired) electrons. The summed E-state index contributed by atoms with van der Waals surface area (Å²) < 4.78 is 26.0. The fourth-order valence-electron chi connectivity index (χ4n) is 3.57. The molecule has 0 fully saturated rings. The lowest BCUT2D eigenvalue weighted by Gasteiger charge is -2.24. The van der Waals surface area contributed by atoms with Crippen LogP contribution in [0.25, 0.3) is 5.69 Å². The first-order chi connectivity index (χ1) is 15.0. The number of halogens is 1. The third-order valence-electron chi connectivity index (χ3n) is 4.93. The Bertz CT molecular complexity index is 1130. The third-order valence-corrected chi connectivity index (χ3v) is 4.93. The molecule has 160 valence electrons. The van der Waals surface area contributed by atoms with Gasteiger partial charge in [0.2, 0.25) is 5.91 Å². The Hall–Kier alpha value is -3.88. The molecule has 1 aliphatic heterocycles. The van der Waals surface area contributed by atoms with Crippen molar-refractivity contribution < 1.29 is 23.5 Å². The van der Waals surface area contributed by atoms with Crippen LogP contribution in [-0.2, 0) is 9.59 Å². The highest BCUT2D eigenvalue weighted by molar-refractivity contribution is 5.94. The molecule has 3 N–H and O–H groups in total. The summed E-state index contributed by atoms with van der Waals surface area (Å²) in [5, 5.41) is 7.27. The van der Waals surface area contributed by atoms with Gasteiger partial charge in [-0.2, -0.15) is 5.10 Å². The van der Waals surface area contributed by atoms with Crippen molar-refractivity contribution in [1.82, 2.24) is 9.78 Å². The molecular weight excluding hydrogens is 403 g/mol. The Morgan fingerprint density at radius 3 is 2.71 bits per heavy atom. The SMILES string of the molecule is CCOc1cc([C@H]2CC(=O)Nc3c2cnn3-c2ccc(F)cc2)ccc1OCC(N)=O. The first-order valence-corrected chi connectivity index (χ1v) is 9.77. The van der Waals surface area contributed by atoms with Crippen LogP contribution in [0.1, 0.15) is 30.4 Å². The minimum atomic E-state index is -0.590. The molecule has 1 aliphatic rings. The molecule has 2 aromatic carbocycles. The van der Waals surface area contributed by atoms with Crippen LogP contribution in [0.4, 0.5) is 10.2 Å². The van der Waals surface area contributed by atoms with Crippen LogP contribution < -0.4 is 20.5 Å². The van der Waals surface area contributed by atoms with Crippen molar-refractivity contribution in [2.75, 3.05) is 18.5 Å². The average Bonchev–Trinajstić information content (AvgIpc) is 3.16. The van der Waals surface area contributed by atoms with Gasteiger partial charge in [-0.25, -0.2) is 9.07 Å². The number of rotatable bonds is 7. The van der Waals surface area contributed by atoms with Crippen LogP contribution in [-0.4, -0.2) is 34.8 Å². The van der Waals surface area contributed by atoms with Crippen molar-refractivity contribution in [3.05, 3.63) is 65.6 Å². The largest absolute Gasteiger partial charge is 0.490 e. The maximum Gasteiger partial charge on any atom is 0.255 e. The Labute approximate surface area is 177 Å². The molecule has 0 saturated heterocycles. The van der Waals surface area contributed by atoms with Crippen LogP contribution in [0.15, 0.2) is 48.7 Å². The molecule has 0 spiro atoms. The number of primary amides is 1. The van der Waals surface area contributed by atoms with Crippen LogP contribution in [0, 0.1) is 5.82 Å². The van der Waals surface area contributed by atoms with Gasteiger partial charge in [-0.3, -0.25) is 9.59 Å². The Kier molecular flexibility index (Phi) is 5.57. The molecule has 0 saturated carbocycles. The molecule has 3 aromatic rings. The quantitative estimate of drug-likeness (QED) is 0.606. The molecule has 8 nitrogen and oxygen atoms in total. The molecule has 1 atom stereocenters. The van der Waals surface area contributed by atoms with E-state index in [0.29, 0.717) is 29.6 Å². The monoisotopic (exact) mass is 424 g/mol. The lowest BCUT2D eigenvalue weighted by atomic mass is 9.87. The van der Waals surface area contributed by atoms with Crippen molar-refractivity contribution in [2.24, 2.45) is 5.73 Å². The molecule has 0 bridgehead atoms. The first kappa shape index (κ1) is 20.4. The minimum Gasteiger partial charge on any atom is -0.490 e. The molecule has 2 amide bonds. The topological polar surface area (TPSA) is 108 Å². The van der Waals surface area contributed by atoms with E-state index < -0.39 is 5.91 Å². The Balaban J connectivity index is 1.71. The van der Waals surface area contributed by atoms with Crippen molar-refractivity contribution >= 4 is 17.6 Å². The van der Waals surface area contributed by atoms with Crippen molar-refractivity contribution in [3.63, 3.8) is 0 Å². The van der Waals surface area contributed by atoms with Crippen molar-refractivity contribution in [3.8, 4) is 17.2 Å². The molecule has 31 heavy (non-hydrogen) atoms. The zero-order valence-electron chi connectivity index (χ0n) is 16.8. The first-order valence-electron chi connectivity index (χ1n) is 9.77. The number of anilines is 1. The number of nitrogens with zero attached hydrogens (tertiary/aromatic N) is 2. The van der Waals surface area contributed by atoms with Gasteiger partial charge in [-0.15, -0.1) is 0 Å². The Morgan fingerprint density at radius 2 is 2.00 bits per heavy atom. The highest BCUT2D eigenvalue weighted by Crippen LogP contribution is 2.40. The lowest BCUT2D eigenvalue weighted by Crippen LogP contribution is -2.24. The van der Waals surface area contributed by atoms with Gasteiger partial charge in [0.25, 0.3) is 5.91 Å². The van der Waals surface area contributed by atoms with Crippen molar-refractivity contribution in [2.45, 2.75) is 19.3 Å². The number of hydrogen-bond donors (Lipinski definition) is 2. The number of nitrogens with one attached hydrogen (secondary N) is 1. The van der Waals surface area contributed by atoms with Gasteiger partial charge in [0.15, 0.2) is 18.1 Å². The van der Waals surface area contributed by atoms with Gasteiger partial charge >= 0.3 is 0 Å². The second-order valence-corrected chi connectivity index (χ2v) is 7.04. The predicted molar refractivity (Wildman–Crippen MR) is 111 cm³/mol. The van der Waals surface area contributed by atoms with Crippen LogP contribution in [0.3, 0.4) is 0 Å². The van der Waals surface area contributed by atoms with E-state index in [0.717, 1.165) is 11.1 Å². The number of fused-ring (bicyclic) bond motifs is 1. The van der Waals surface area contributed by atoms with Crippen LogP contribution >= 0.6 is 0 Å².